The van der Waals surface area contributed by atoms with E-state index in [2.05, 4.69) is 26.8 Å². The first-order chi connectivity index (χ1) is 10.7. The van der Waals surface area contributed by atoms with Crippen LogP contribution in [0.3, 0.4) is 0 Å². The highest BCUT2D eigenvalue weighted by atomic mass is 16.1. The van der Waals surface area contributed by atoms with E-state index in [0.29, 0.717) is 5.52 Å². The molecular formula is C16H23N5O. The fourth-order valence-corrected chi connectivity index (χ4v) is 3.47. The van der Waals surface area contributed by atoms with Crippen molar-refractivity contribution in [1.82, 2.24) is 24.3 Å². The van der Waals surface area contributed by atoms with Crippen molar-refractivity contribution in [3.05, 3.63) is 28.9 Å². The minimum absolute atomic E-state index is 0.0552. The van der Waals surface area contributed by atoms with Crippen LogP contribution in [0.25, 0.3) is 11.0 Å². The van der Waals surface area contributed by atoms with Gasteiger partial charge in [-0.1, -0.05) is 0 Å². The van der Waals surface area contributed by atoms with E-state index in [-0.39, 0.29) is 11.0 Å². The van der Waals surface area contributed by atoms with E-state index in [1.54, 1.807) is 17.1 Å². The average Bonchev–Trinajstić information content (AvgIpc) is 3.08. The van der Waals surface area contributed by atoms with Gasteiger partial charge in [0.1, 0.15) is 5.52 Å². The number of aromatic amines is 1. The molecular weight excluding hydrogens is 278 g/mol. The van der Waals surface area contributed by atoms with Crippen LogP contribution < -0.4 is 5.56 Å². The Labute approximate surface area is 129 Å². The molecule has 4 rings (SSSR count). The van der Waals surface area contributed by atoms with Gasteiger partial charge in [0.25, 0.3) is 5.56 Å². The number of hydrogen-bond acceptors (Lipinski definition) is 4. The lowest BCUT2D eigenvalue weighted by Crippen LogP contribution is -2.47. The Balaban J connectivity index is 1.49. The van der Waals surface area contributed by atoms with Gasteiger partial charge >= 0.3 is 0 Å². The van der Waals surface area contributed by atoms with Crippen molar-refractivity contribution in [3.8, 4) is 0 Å². The first-order valence-corrected chi connectivity index (χ1v) is 8.09. The molecule has 0 amide bonds. The molecule has 22 heavy (non-hydrogen) atoms. The van der Waals surface area contributed by atoms with E-state index < -0.39 is 0 Å². The van der Waals surface area contributed by atoms with Crippen molar-refractivity contribution in [2.45, 2.75) is 19.4 Å². The Morgan fingerprint density at radius 2 is 2.00 bits per heavy atom. The van der Waals surface area contributed by atoms with Crippen LogP contribution in [0, 0.1) is 5.41 Å². The second-order valence-electron chi connectivity index (χ2n) is 6.99. The molecule has 1 saturated carbocycles. The van der Waals surface area contributed by atoms with Crippen LogP contribution >= 0.6 is 0 Å². The van der Waals surface area contributed by atoms with Crippen molar-refractivity contribution in [2.75, 3.05) is 39.8 Å². The van der Waals surface area contributed by atoms with Gasteiger partial charge in [-0.15, -0.1) is 0 Å². The zero-order chi connectivity index (χ0) is 15.2. The van der Waals surface area contributed by atoms with Crippen LogP contribution in [0.1, 0.15) is 12.8 Å². The fourth-order valence-electron chi connectivity index (χ4n) is 3.47. The predicted octanol–water partition coefficient (Wildman–Crippen LogP) is 0.752. The van der Waals surface area contributed by atoms with Crippen LogP contribution in [0.5, 0.6) is 0 Å². The van der Waals surface area contributed by atoms with Gasteiger partial charge in [-0.3, -0.25) is 9.36 Å². The number of H-pyrrole nitrogens is 1. The minimum atomic E-state index is 0.0552. The Bertz CT molecular complexity index is 721. The third-order valence-electron chi connectivity index (χ3n) is 5.15. The molecule has 1 aliphatic carbocycles. The molecule has 1 saturated heterocycles. The van der Waals surface area contributed by atoms with Gasteiger partial charge < -0.3 is 14.8 Å². The van der Waals surface area contributed by atoms with Gasteiger partial charge in [-0.25, -0.2) is 4.98 Å². The van der Waals surface area contributed by atoms with Crippen LogP contribution in [-0.4, -0.2) is 64.1 Å². The van der Waals surface area contributed by atoms with Crippen LogP contribution in [0.2, 0.25) is 0 Å². The first-order valence-electron chi connectivity index (χ1n) is 8.09. The van der Waals surface area contributed by atoms with Gasteiger partial charge in [-0.2, -0.15) is 0 Å². The van der Waals surface area contributed by atoms with Crippen molar-refractivity contribution in [1.29, 1.82) is 0 Å². The molecule has 3 heterocycles. The summed E-state index contributed by atoms with van der Waals surface area (Å²) in [6.45, 7) is 6.47. The fraction of sp³-hybridized carbons (Fsp3) is 0.625. The maximum Gasteiger partial charge on any atom is 0.277 e. The number of likely N-dealkylation sites (N-methyl/N-ethyl adjacent to an activating group) is 1. The highest BCUT2D eigenvalue weighted by molar-refractivity contribution is 5.73. The molecule has 2 fully saturated rings. The summed E-state index contributed by atoms with van der Waals surface area (Å²) in [7, 11) is 2.18. The number of aromatic nitrogens is 3. The lowest BCUT2D eigenvalue weighted by molar-refractivity contribution is 0.125. The van der Waals surface area contributed by atoms with Crippen molar-refractivity contribution >= 4 is 11.0 Å². The van der Waals surface area contributed by atoms with Crippen LogP contribution in [0.4, 0.5) is 0 Å². The monoisotopic (exact) mass is 301 g/mol. The van der Waals surface area contributed by atoms with Crippen molar-refractivity contribution < 1.29 is 0 Å². The molecule has 2 aromatic rings. The molecule has 6 nitrogen and oxygen atoms in total. The second kappa shape index (κ2) is 5.21. The zero-order valence-corrected chi connectivity index (χ0v) is 13.1. The quantitative estimate of drug-likeness (QED) is 0.905. The third-order valence-corrected chi connectivity index (χ3v) is 5.15. The van der Waals surface area contributed by atoms with Gasteiger partial charge in [0, 0.05) is 50.9 Å². The zero-order valence-electron chi connectivity index (χ0n) is 13.1. The molecule has 1 N–H and O–H groups in total. The molecule has 0 aromatic carbocycles. The summed E-state index contributed by atoms with van der Waals surface area (Å²) < 4.78 is 1.79. The Morgan fingerprint density at radius 1 is 1.23 bits per heavy atom. The van der Waals surface area contributed by atoms with Gasteiger partial charge in [0.05, 0.1) is 11.8 Å². The SMILES string of the molecule is CN1CCN(CC2(Cn3cnc4cc[nH]c4c3=O)CC2)CC1. The number of fused-ring (bicyclic) bond motifs is 1. The molecule has 0 unspecified atom stereocenters. The largest absolute Gasteiger partial charge is 0.355 e. The average molecular weight is 301 g/mol. The van der Waals surface area contributed by atoms with E-state index in [9.17, 15) is 4.79 Å². The summed E-state index contributed by atoms with van der Waals surface area (Å²) in [5.74, 6) is 0. The molecule has 0 spiro atoms. The minimum Gasteiger partial charge on any atom is -0.355 e. The smallest absolute Gasteiger partial charge is 0.277 e. The maximum atomic E-state index is 12.5. The first kappa shape index (κ1) is 14.0. The lowest BCUT2D eigenvalue weighted by atomic mass is 10.1. The summed E-state index contributed by atoms with van der Waals surface area (Å²) in [6.07, 6.45) is 5.92. The summed E-state index contributed by atoms with van der Waals surface area (Å²) in [5.41, 5.74) is 1.71. The molecule has 2 aliphatic rings. The molecule has 118 valence electrons. The predicted molar refractivity (Wildman–Crippen MR) is 86.0 cm³/mol. The second-order valence-corrected chi connectivity index (χ2v) is 6.99. The van der Waals surface area contributed by atoms with E-state index in [1.807, 2.05) is 6.07 Å². The van der Waals surface area contributed by atoms with E-state index in [1.165, 1.54) is 12.8 Å². The number of piperazine rings is 1. The number of rotatable bonds is 4. The highest BCUT2D eigenvalue weighted by Gasteiger charge is 2.44. The summed E-state index contributed by atoms with van der Waals surface area (Å²) in [5, 5.41) is 0. The van der Waals surface area contributed by atoms with Gasteiger partial charge in [0.2, 0.25) is 0 Å². The Hall–Kier alpha value is -1.66. The standard InChI is InChI=1S/C16H23N5O/c1-19-6-8-20(9-7-19)10-16(3-4-16)11-21-12-18-13-2-5-17-14(13)15(21)22/h2,5,12,17H,3-4,6-11H2,1H3. The summed E-state index contributed by atoms with van der Waals surface area (Å²) in [6, 6.07) is 1.85. The van der Waals surface area contributed by atoms with Gasteiger partial charge in [0.15, 0.2) is 0 Å². The van der Waals surface area contributed by atoms with E-state index in [4.69, 9.17) is 0 Å². The topological polar surface area (TPSA) is 57.2 Å². The molecule has 6 heteroatoms. The van der Waals surface area contributed by atoms with E-state index in [0.717, 1.165) is 44.8 Å². The van der Waals surface area contributed by atoms with Crippen LogP contribution in [-0.2, 0) is 6.54 Å². The molecule has 0 radical (unpaired) electrons. The lowest BCUT2D eigenvalue weighted by Gasteiger charge is -2.35. The van der Waals surface area contributed by atoms with Gasteiger partial charge in [-0.05, 0) is 26.0 Å². The summed E-state index contributed by atoms with van der Waals surface area (Å²) >= 11 is 0. The highest BCUT2D eigenvalue weighted by Crippen LogP contribution is 2.47. The van der Waals surface area contributed by atoms with Crippen molar-refractivity contribution in [3.63, 3.8) is 0 Å². The number of hydrogen-bond donors (Lipinski definition) is 1. The third kappa shape index (κ3) is 2.57. The normalized spacial score (nSPS) is 22.2. The molecule has 2 aromatic heterocycles. The number of nitrogens with zero attached hydrogens (tertiary/aromatic N) is 4. The molecule has 0 bridgehead atoms. The van der Waals surface area contributed by atoms with Crippen molar-refractivity contribution in [2.24, 2.45) is 5.41 Å². The molecule has 1 aliphatic heterocycles. The number of nitrogens with one attached hydrogen (secondary N) is 1. The maximum absolute atomic E-state index is 12.5. The Kier molecular flexibility index (Phi) is 3.31. The summed E-state index contributed by atoms with van der Waals surface area (Å²) in [4.78, 5) is 24.8. The van der Waals surface area contributed by atoms with E-state index >= 15 is 0 Å². The van der Waals surface area contributed by atoms with Crippen LogP contribution in [0.15, 0.2) is 23.4 Å². The molecule has 0 atom stereocenters. The Morgan fingerprint density at radius 3 is 2.73 bits per heavy atom.